The van der Waals surface area contributed by atoms with E-state index in [0.29, 0.717) is 23.5 Å². The number of nitrogens with one attached hydrogen (secondary N) is 1. The van der Waals surface area contributed by atoms with Crippen molar-refractivity contribution in [3.8, 4) is 0 Å². The van der Waals surface area contributed by atoms with E-state index < -0.39 is 9.84 Å². The van der Waals surface area contributed by atoms with Crippen LogP contribution in [0.15, 0.2) is 0 Å². The van der Waals surface area contributed by atoms with Gasteiger partial charge in [0.1, 0.15) is 0 Å². The van der Waals surface area contributed by atoms with Gasteiger partial charge in [-0.1, -0.05) is 20.8 Å². The number of sulfone groups is 1. The summed E-state index contributed by atoms with van der Waals surface area (Å²) >= 11 is 0. The van der Waals surface area contributed by atoms with Crippen LogP contribution in [0, 0.1) is 5.92 Å². The SMILES string of the molecule is CC[C@@H](N[C@@H]1CCS(=O)(=O)C1)C(C)C. The lowest BCUT2D eigenvalue weighted by molar-refractivity contribution is 0.354. The largest absolute Gasteiger partial charge is 0.310 e. The zero-order valence-corrected chi connectivity index (χ0v) is 10.1. The van der Waals surface area contributed by atoms with Gasteiger partial charge in [0.05, 0.1) is 11.5 Å². The van der Waals surface area contributed by atoms with Crippen LogP contribution < -0.4 is 5.32 Å². The second-order valence-electron chi connectivity index (χ2n) is 4.53. The van der Waals surface area contributed by atoms with Crippen molar-refractivity contribution >= 4 is 9.84 Å². The molecule has 0 amide bonds. The molecular formula is C10H21NO2S. The highest BCUT2D eigenvalue weighted by molar-refractivity contribution is 7.91. The Hall–Kier alpha value is -0.0900. The minimum Gasteiger partial charge on any atom is -0.310 e. The Kier molecular flexibility index (Phi) is 3.95. The molecule has 0 unspecified atom stereocenters. The van der Waals surface area contributed by atoms with Gasteiger partial charge >= 0.3 is 0 Å². The predicted molar refractivity (Wildman–Crippen MR) is 59.1 cm³/mol. The first-order valence-corrected chi connectivity index (χ1v) is 7.23. The van der Waals surface area contributed by atoms with E-state index in [1.54, 1.807) is 0 Å². The first-order chi connectivity index (χ1) is 6.44. The normalized spacial score (nSPS) is 28.1. The molecule has 1 saturated heterocycles. The van der Waals surface area contributed by atoms with Crippen molar-refractivity contribution in [1.29, 1.82) is 0 Å². The molecule has 0 aromatic rings. The van der Waals surface area contributed by atoms with Crippen LogP contribution in [0.4, 0.5) is 0 Å². The van der Waals surface area contributed by atoms with Crippen LogP contribution in [0.5, 0.6) is 0 Å². The Bertz CT molecular complexity index is 272. The maximum atomic E-state index is 11.2. The van der Waals surface area contributed by atoms with Crippen molar-refractivity contribution in [3.63, 3.8) is 0 Å². The minimum atomic E-state index is -2.74. The van der Waals surface area contributed by atoms with E-state index in [9.17, 15) is 8.42 Å². The van der Waals surface area contributed by atoms with Gasteiger partial charge in [0.2, 0.25) is 0 Å². The van der Waals surface area contributed by atoms with Crippen LogP contribution in [-0.4, -0.2) is 32.0 Å². The summed E-state index contributed by atoms with van der Waals surface area (Å²) in [5.41, 5.74) is 0. The Labute approximate surface area is 87.2 Å². The fourth-order valence-corrected chi connectivity index (χ4v) is 3.70. The number of rotatable bonds is 4. The molecule has 14 heavy (non-hydrogen) atoms. The van der Waals surface area contributed by atoms with E-state index in [1.807, 2.05) is 0 Å². The van der Waals surface area contributed by atoms with Crippen molar-refractivity contribution in [1.82, 2.24) is 5.32 Å². The Morgan fingerprint density at radius 3 is 2.43 bits per heavy atom. The van der Waals surface area contributed by atoms with Crippen molar-refractivity contribution in [2.75, 3.05) is 11.5 Å². The van der Waals surface area contributed by atoms with Gasteiger partial charge in [-0.25, -0.2) is 8.42 Å². The third-order valence-corrected chi connectivity index (χ3v) is 4.69. The molecule has 1 N–H and O–H groups in total. The van der Waals surface area contributed by atoms with Gasteiger partial charge in [-0.2, -0.15) is 0 Å². The van der Waals surface area contributed by atoms with Gasteiger partial charge in [0.25, 0.3) is 0 Å². The maximum absolute atomic E-state index is 11.2. The lowest BCUT2D eigenvalue weighted by Gasteiger charge is -2.24. The van der Waals surface area contributed by atoms with Gasteiger partial charge in [-0.15, -0.1) is 0 Å². The van der Waals surface area contributed by atoms with Crippen molar-refractivity contribution in [3.05, 3.63) is 0 Å². The molecule has 1 heterocycles. The second-order valence-corrected chi connectivity index (χ2v) is 6.75. The number of hydrogen-bond donors (Lipinski definition) is 1. The summed E-state index contributed by atoms with van der Waals surface area (Å²) in [7, 11) is -2.74. The van der Waals surface area contributed by atoms with Crippen LogP contribution in [0.1, 0.15) is 33.6 Å². The molecule has 1 aliphatic rings. The van der Waals surface area contributed by atoms with Crippen molar-refractivity contribution in [2.24, 2.45) is 5.92 Å². The van der Waals surface area contributed by atoms with Crippen LogP contribution in [0.2, 0.25) is 0 Å². The third-order valence-electron chi connectivity index (χ3n) is 2.93. The molecule has 0 bridgehead atoms. The molecule has 3 nitrogen and oxygen atoms in total. The Morgan fingerprint density at radius 2 is 2.07 bits per heavy atom. The molecule has 0 spiro atoms. The van der Waals surface area contributed by atoms with Gasteiger partial charge in [-0.3, -0.25) is 0 Å². The molecular weight excluding hydrogens is 198 g/mol. The molecule has 0 radical (unpaired) electrons. The third kappa shape index (κ3) is 3.24. The molecule has 84 valence electrons. The predicted octanol–water partition coefficient (Wildman–Crippen LogP) is 1.20. The molecule has 0 aliphatic carbocycles. The van der Waals surface area contributed by atoms with E-state index in [0.717, 1.165) is 12.8 Å². The van der Waals surface area contributed by atoms with Crippen LogP contribution >= 0.6 is 0 Å². The molecule has 2 atom stereocenters. The second kappa shape index (κ2) is 4.62. The fourth-order valence-electron chi connectivity index (χ4n) is 2.01. The molecule has 0 aromatic heterocycles. The maximum Gasteiger partial charge on any atom is 0.151 e. The average Bonchev–Trinajstić information content (AvgIpc) is 2.41. The highest BCUT2D eigenvalue weighted by Crippen LogP contribution is 2.15. The molecule has 1 fully saturated rings. The summed E-state index contributed by atoms with van der Waals surface area (Å²) in [5, 5.41) is 3.44. The standard InChI is InChI=1S/C10H21NO2S/c1-4-10(8(2)3)11-9-5-6-14(12,13)7-9/h8-11H,4-7H2,1-3H3/t9-,10-/m1/s1. The van der Waals surface area contributed by atoms with Gasteiger partial charge in [-0.05, 0) is 18.8 Å². The van der Waals surface area contributed by atoms with E-state index >= 15 is 0 Å². The summed E-state index contributed by atoms with van der Waals surface area (Å²) in [6.07, 6.45) is 1.85. The summed E-state index contributed by atoms with van der Waals surface area (Å²) in [4.78, 5) is 0. The average molecular weight is 219 g/mol. The lowest BCUT2D eigenvalue weighted by Crippen LogP contribution is -2.41. The zero-order chi connectivity index (χ0) is 10.8. The minimum absolute atomic E-state index is 0.187. The Balaban J connectivity index is 2.45. The van der Waals surface area contributed by atoms with Gasteiger partial charge < -0.3 is 5.32 Å². The molecule has 0 saturated carbocycles. The summed E-state index contributed by atoms with van der Waals surface area (Å²) in [6.45, 7) is 6.48. The van der Waals surface area contributed by atoms with E-state index in [4.69, 9.17) is 0 Å². The monoisotopic (exact) mass is 219 g/mol. The smallest absolute Gasteiger partial charge is 0.151 e. The Morgan fingerprint density at radius 1 is 1.43 bits per heavy atom. The summed E-state index contributed by atoms with van der Waals surface area (Å²) in [5.74, 6) is 1.26. The molecule has 1 rings (SSSR count). The lowest BCUT2D eigenvalue weighted by atomic mass is 10.0. The first kappa shape index (κ1) is 12.0. The van der Waals surface area contributed by atoms with E-state index in [2.05, 4.69) is 26.1 Å². The fraction of sp³-hybridized carbons (Fsp3) is 1.00. The van der Waals surface area contributed by atoms with E-state index in [-0.39, 0.29) is 6.04 Å². The molecule has 1 aliphatic heterocycles. The molecule has 0 aromatic carbocycles. The topological polar surface area (TPSA) is 46.2 Å². The highest BCUT2D eigenvalue weighted by Gasteiger charge is 2.29. The van der Waals surface area contributed by atoms with Crippen LogP contribution in [-0.2, 0) is 9.84 Å². The summed E-state index contributed by atoms with van der Waals surface area (Å²) in [6, 6.07) is 0.639. The first-order valence-electron chi connectivity index (χ1n) is 5.41. The quantitative estimate of drug-likeness (QED) is 0.773. The highest BCUT2D eigenvalue weighted by atomic mass is 32.2. The summed E-state index contributed by atoms with van der Waals surface area (Å²) < 4.78 is 22.5. The molecule has 4 heteroatoms. The van der Waals surface area contributed by atoms with Crippen LogP contribution in [0.25, 0.3) is 0 Å². The van der Waals surface area contributed by atoms with Crippen LogP contribution in [0.3, 0.4) is 0 Å². The van der Waals surface area contributed by atoms with Crippen molar-refractivity contribution < 1.29 is 8.42 Å². The van der Waals surface area contributed by atoms with Gasteiger partial charge in [0, 0.05) is 12.1 Å². The van der Waals surface area contributed by atoms with Gasteiger partial charge in [0.15, 0.2) is 9.84 Å². The van der Waals surface area contributed by atoms with Crippen molar-refractivity contribution in [2.45, 2.75) is 45.7 Å². The zero-order valence-electron chi connectivity index (χ0n) is 9.29. The number of hydrogen-bond acceptors (Lipinski definition) is 3. The van der Waals surface area contributed by atoms with E-state index in [1.165, 1.54) is 0 Å².